The van der Waals surface area contributed by atoms with Crippen molar-refractivity contribution in [3.05, 3.63) is 96.8 Å². The number of aromatic nitrogens is 1. The topological polar surface area (TPSA) is 151 Å². The second kappa shape index (κ2) is 13.0. The first kappa shape index (κ1) is 29.8. The summed E-state index contributed by atoms with van der Waals surface area (Å²) in [6.07, 6.45) is 8.82. The molecule has 3 heterocycles. The minimum Gasteiger partial charge on any atom is -0.500 e. The van der Waals surface area contributed by atoms with E-state index in [9.17, 15) is 16.8 Å². The number of hydrogen-bond acceptors (Lipinski definition) is 9. The fourth-order valence-electron chi connectivity index (χ4n) is 3.93. The molecule has 0 unspecified atom stereocenters. The highest BCUT2D eigenvalue weighted by Gasteiger charge is 2.20. The first-order valence-electron chi connectivity index (χ1n) is 12.7. The zero-order chi connectivity index (χ0) is 29.5. The summed E-state index contributed by atoms with van der Waals surface area (Å²) in [7, 11) is -6.82. The van der Waals surface area contributed by atoms with E-state index >= 15 is 0 Å². The van der Waals surface area contributed by atoms with Crippen LogP contribution in [-0.2, 0) is 24.8 Å². The summed E-state index contributed by atoms with van der Waals surface area (Å²) in [5.74, 6) is 0.721. The second-order valence-corrected chi connectivity index (χ2v) is 12.9. The van der Waals surface area contributed by atoms with Crippen LogP contribution in [-0.4, -0.2) is 46.4 Å². The lowest BCUT2D eigenvalue weighted by atomic mass is 10.1. The number of nitrogens with zero attached hydrogens (tertiary/aromatic N) is 2. The minimum atomic E-state index is -3.54. The maximum Gasteiger partial charge on any atom is 0.242 e. The van der Waals surface area contributed by atoms with Crippen LogP contribution >= 0.6 is 0 Å². The molecule has 216 valence electrons. The standard InChI is InChI=1S/C14H15N3O3S.C14H17N3O2S/c1-21(18,19)17-12-4-2-3-11(8-12)15-14-7-10-9-20-6-5-13(10)16-14;1-11(2)17-20(18,19)14-6-4-3-5-13(14)16-12-7-9-15-10-8-12/h2-4,7-9,15,17H,5-6H2,1H3;3-11,17H,1-2H3,(H,15,16). The zero-order valence-electron chi connectivity index (χ0n) is 22.8. The molecule has 0 bridgehead atoms. The number of aliphatic imine (C=N–C) groups is 1. The third-order valence-electron chi connectivity index (χ3n) is 5.51. The van der Waals surface area contributed by atoms with Crippen LogP contribution in [0.2, 0.25) is 0 Å². The van der Waals surface area contributed by atoms with E-state index in [-0.39, 0.29) is 10.9 Å². The molecule has 0 aliphatic carbocycles. The lowest BCUT2D eigenvalue weighted by molar-refractivity contribution is 0.252. The highest BCUT2D eigenvalue weighted by atomic mass is 32.2. The van der Waals surface area contributed by atoms with Crippen LogP contribution in [0.5, 0.6) is 0 Å². The van der Waals surface area contributed by atoms with E-state index in [1.165, 1.54) is 0 Å². The van der Waals surface area contributed by atoms with Crippen LogP contribution in [0, 0.1) is 0 Å². The average molecular weight is 597 g/mol. The Kier molecular flexibility index (Phi) is 9.42. The van der Waals surface area contributed by atoms with Crippen LogP contribution in [0.4, 0.5) is 22.7 Å². The lowest BCUT2D eigenvalue weighted by Crippen LogP contribution is -2.30. The third-order valence-corrected chi connectivity index (χ3v) is 7.84. The Hall–Kier alpha value is -4.20. The molecule has 2 aliphatic heterocycles. The van der Waals surface area contributed by atoms with Crippen LogP contribution < -0.4 is 20.1 Å². The number of allylic oxidation sites excluding steroid dienone is 2. The van der Waals surface area contributed by atoms with Gasteiger partial charge in [0.25, 0.3) is 0 Å². The maximum absolute atomic E-state index is 12.3. The van der Waals surface area contributed by atoms with E-state index in [0.717, 1.165) is 41.2 Å². The Balaban J connectivity index is 0.000000189. The van der Waals surface area contributed by atoms with Crippen molar-refractivity contribution in [3.63, 3.8) is 0 Å². The third kappa shape index (κ3) is 8.90. The SMILES string of the molecule is CC(C)NS(=O)(=O)c1ccccc1Nc1ccncc1.CS(=O)(=O)Nc1cccc(NC2=CC3=COCCC3=N2)c1. The van der Waals surface area contributed by atoms with Crippen molar-refractivity contribution in [3.8, 4) is 0 Å². The van der Waals surface area contributed by atoms with Crippen LogP contribution in [0.1, 0.15) is 20.3 Å². The lowest BCUT2D eigenvalue weighted by Gasteiger charge is -2.14. The number of rotatable bonds is 9. The van der Waals surface area contributed by atoms with Gasteiger partial charge in [-0.1, -0.05) is 18.2 Å². The molecule has 0 amide bonds. The number of sulfonamides is 2. The molecule has 1 aromatic heterocycles. The van der Waals surface area contributed by atoms with Crippen molar-refractivity contribution >= 4 is 48.5 Å². The average Bonchev–Trinajstić information content (AvgIpc) is 3.31. The van der Waals surface area contributed by atoms with Gasteiger partial charge in [0.2, 0.25) is 20.0 Å². The number of fused-ring (bicyclic) bond motifs is 1. The van der Waals surface area contributed by atoms with Crippen molar-refractivity contribution in [1.82, 2.24) is 9.71 Å². The molecule has 4 N–H and O–H groups in total. The molecule has 13 heteroatoms. The van der Waals surface area contributed by atoms with Gasteiger partial charge >= 0.3 is 0 Å². The summed E-state index contributed by atoms with van der Waals surface area (Å²) in [5.41, 5.74) is 4.58. The predicted molar refractivity (Wildman–Crippen MR) is 162 cm³/mol. The molecule has 11 nitrogen and oxygen atoms in total. The van der Waals surface area contributed by atoms with E-state index in [2.05, 4.69) is 30.1 Å². The zero-order valence-corrected chi connectivity index (χ0v) is 24.5. The highest BCUT2D eigenvalue weighted by Crippen LogP contribution is 2.26. The molecule has 0 atom stereocenters. The molecular weight excluding hydrogens is 564 g/mol. The van der Waals surface area contributed by atoms with Gasteiger partial charge in [0.05, 0.1) is 36.2 Å². The Morgan fingerprint density at radius 2 is 1.61 bits per heavy atom. The summed E-state index contributed by atoms with van der Waals surface area (Å²) in [5, 5.41) is 6.26. The van der Waals surface area contributed by atoms with E-state index in [1.54, 1.807) is 87.1 Å². The van der Waals surface area contributed by atoms with Crippen molar-refractivity contribution < 1.29 is 21.6 Å². The molecule has 2 aromatic carbocycles. The van der Waals surface area contributed by atoms with Gasteiger partial charge in [-0.25, -0.2) is 26.6 Å². The summed E-state index contributed by atoms with van der Waals surface area (Å²) in [6.45, 7) is 4.23. The Morgan fingerprint density at radius 3 is 2.32 bits per heavy atom. The number of para-hydroxylation sites is 1. The van der Waals surface area contributed by atoms with Crippen molar-refractivity contribution in [1.29, 1.82) is 0 Å². The van der Waals surface area contributed by atoms with Gasteiger partial charge in [0.1, 0.15) is 10.7 Å². The van der Waals surface area contributed by atoms with E-state index in [0.29, 0.717) is 18.0 Å². The first-order chi connectivity index (χ1) is 19.5. The molecule has 0 fully saturated rings. The van der Waals surface area contributed by atoms with Crippen LogP contribution in [0.15, 0.2) is 107 Å². The fourth-order valence-corrected chi connectivity index (χ4v) is 5.90. The van der Waals surface area contributed by atoms with Gasteiger partial charge in [-0.15, -0.1) is 0 Å². The van der Waals surface area contributed by atoms with Crippen molar-refractivity contribution in [2.24, 2.45) is 4.99 Å². The molecular formula is C28H32N6O5S2. The quantitative estimate of drug-likeness (QED) is 0.280. The van der Waals surface area contributed by atoms with Crippen LogP contribution in [0.25, 0.3) is 0 Å². The molecule has 0 saturated heterocycles. The summed E-state index contributed by atoms with van der Waals surface area (Å²) in [4.78, 5) is 8.64. The smallest absolute Gasteiger partial charge is 0.242 e. The summed E-state index contributed by atoms with van der Waals surface area (Å²) in [6, 6.07) is 17.2. The summed E-state index contributed by atoms with van der Waals surface area (Å²) < 4.78 is 57.3. The largest absolute Gasteiger partial charge is 0.500 e. The molecule has 2 aliphatic rings. The molecule has 5 rings (SSSR count). The van der Waals surface area contributed by atoms with Gasteiger partial charge in [-0.2, -0.15) is 0 Å². The Morgan fingerprint density at radius 1 is 0.878 bits per heavy atom. The summed E-state index contributed by atoms with van der Waals surface area (Å²) >= 11 is 0. The van der Waals surface area contributed by atoms with Gasteiger partial charge in [0.15, 0.2) is 0 Å². The number of pyridine rings is 1. The number of nitrogens with one attached hydrogen (secondary N) is 4. The number of hydrogen-bond donors (Lipinski definition) is 4. The van der Waals surface area contributed by atoms with Gasteiger partial charge < -0.3 is 15.4 Å². The molecule has 0 spiro atoms. The monoisotopic (exact) mass is 596 g/mol. The number of ether oxygens (including phenoxy) is 1. The molecule has 3 aromatic rings. The normalized spacial score (nSPS) is 14.4. The van der Waals surface area contributed by atoms with Gasteiger partial charge in [-0.05, 0) is 62.4 Å². The van der Waals surface area contributed by atoms with E-state index in [1.807, 2.05) is 12.1 Å². The first-order valence-corrected chi connectivity index (χ1v) is 16.1. The van der Waals surface area contributed by atoms with Gasteiger partial charge in [-0.3, -0.25) is 9.71 Å². The van der Waals surface area contributed by atoms with E-state index in [4.69, 9.17) is 4.74 Å². The van der Waals surface area contributed by atoms with E-state index < -0.39 is 20.0 Å². The number of anilines is 4. The predicted octanol–water partition coefficient (Wildman–Crippen LogP) is 4.58. The van der Waals surface area contributed by atoms with Crippen molar-refractivity contribution in [2.45, 2.75) is 31.2 Å². The number of benzene rings is 2. The minimum absolute atomic E-state index is 0.158. The molecule has 0 radical (unpaired) electrons. The Labute approximate surface area is 240 Å². The second-order valence-electron chi connectivity index (χ2n) is 9.50. The maximum atomic E-state index is 12.3. The molecule has 0 saturated carbocycles. The van der Waals surface area contributed by atoms with Crippen LogP contribution in [0.3, 0.4) is 0 Å². The fraction of sp³-hybridized carbons (Fsp3) is 0.214. The van der Waals surface area contributed by atoms with Gasteiger partial charge in [0, 0.05) is 41.8 Å². The Bertz CT molecular complexity index is 1690. The van der Waals surface area contributed by atoms with Crippen molar-refractivity contribution in [2.75, 3.05) is 28.2 Å². The molecule has 41 heavy (non-hydrogen) atoms. The highest BCUT2D eigenvalue weighted by molar-refractivity contribution is 7.92.